The van der Waals surface area contributed by atoms with Gasteiger partial charge in [0.2, 0.25) is 0 Å². The molecule has 0 radical (unpaired) electrons. The lowest BCUT2D eigenvalue weighted by atomic mass is 10.1. The highest BCUT2D eigenvalue weighted by Gasteiger charge is 2.14. The van der Waals surface area contributed by atoms with Crippen molar-refractivity contribution in [3.8, 4) is 17.1 Å². The predicted molar refractivity (Wildman–Crippen MR) is 73.7 cm³/mol. The largest absolute Gasteiger partial charge is 0.399 e. The van der Waals surface area contributed by atoms with Crippen molar-refractivity contribution in [3.63, 3.8) is 0 Å². The smallest absolute Gasteiger partial charge is 0.187 e. The average Bonchev–Trinajstić information content (AvgIpc) is 2.89. The van der Waals surface area contributed by atoms with E-state index in [2.05, 4.69) is 15.5 Å². The van der Waals surface area contributed by atoms with E-state index in [0.717, 1.165) is 23.8 Å². The van der Waals surface area contributed by atoms with E-state index in [1.54, 1.807) is 12.1 Å². The van der Waals surface area contributed by atoms with Crippen LogP contribution in [0.4, 0.5) is 14.5 Å². The normalized spacial score (nSPS) is 10.8. The van der Waals surface area contributed by atoms with Gasteiger partial charge in [-0.15, -0.1) is 5.10 Å². The number of aryl methyl sites for hydroxylation is 1. The molecule has 0 fully saturated rings. The van der Waals surface area contributed by atoms with Gasteiger partial charge < -0.3 is 5.73 Å². The fraction of sp³-hybridized carbons (Fsp3) is 0.0714. The summed E-state index contributed by atoms with van der Waals surface area (Å²) in [6.07, 6.45) is 0. The number of anilines is 1. The summed E-state index contributed by atoms with van der Waals surface area (Å²) in [7, 11) is 0. The first-order chi connectivity index (χ1) is 10.0. The number of nitrogen functional groups attached to an aromatic ring is 1. The van der Waals surface area contributed by atoms with E-state index in [9.17, 15) is 8.78 Å². The molecule has 2 aromatic carbocycles. The van der Waals surface area contributed by atoms with Gasteiger partial charge >= 0.3 is 0 Å². The number of tetrazole rings is 1. The summed E-state index contributed by atoms with van der Waals surface area (Å²) in [5.41, 5.74) is 8.13. The Morgan fingerprint density at radius 3 is 2.48 bits per heavy atom. The maximum absolute atomic E-state index is 13.4. The van der Waals surface area contributed by atoms with Crippen LogP contribution in [0.15, 0.2) is 36.4 Å². The lowest BCUT2D eigenvalue weighted by Gasteiger charge is -2.08. The summed E-state index contributed by atoms with van der Waals surface area (Å²) in [5, 5.41) is 11.3. The topological polar surface area (TPSA) is 69.6 Å². The van der Waals surface area contributed by atoms with E-state index < -0.39 is 11.6 Å². The van der Waals surface area contributed by atoms with Crippen molar-refractivity contribution >= 4 is 5.69 Å². The summed E-state index contributed by atoms with van der Waals surface area (Å²) in [5.74, 6) is -1.03. The quantitative estimate of drug-likeness (QED) is 0.735. The molecule has 3 aromatic rings. The summed E-state index contributed by atoms with van der Waals surface area (Å²) < 4.78 is 28.0. The fourth-order valence-corrected chi connectivity index (χ4v) is 2.07. The van der Waals surface area contributed by atoms with E-state index in [4.69, 9.17) is 5.73 Å². The Hall–Kier alpha value is -2.83. The minimum absolute atomic E-state index is 0.203. The number of benzene rings is 2. The van der Waals surface area contributed by atoms with Crippen molar-refractivity contribution in [2.75, 3.05) is 5.73 Å². The molecule has 0 saturated heterocycles. The summed E-state index contributed by atoms with van der Waals surface area (Å²) in [6, 6.07) is 8.41. The van der Waals surface area contributed by atoms with Crippen molar-refractivity contribution in [2.45, 2.75) is 6.92 Å². The van der Waals surface area contributed by atoms with Crippen molar-refractivity contribution in [1.82, 2.24) is 20.2 Å². The van der Waals surface area contributed by atoms with Crippen LogP contribution in [0.2, 0.25) is 0 Å². The van der Waals surface area contributed by atoms with Crippen LogP contribution in [0.3, 0.4) is 0 Å². The van der Waals surface area contributed by atoms with Gasteiger partial charge in [0.15, 0.2) is 5.82 Å². The first-order valence-corrected chi connectivity index (χ1v) is 6.16. The zero-order chi connectivity index (χ0) is 15.0. The van der Waals surface area contributed by atoms with Crippen molar-refractivity contribution in [3.05, 3.63) is 53.6 Å². The maximum Gasteiger partial charge on any atom is 0.187 e. The lowest BCUT2D eigenvalue weighted by Crippen LogP contribution is -2.02. The molecule has 106 valence electrons. The highest BCUT2D eigenvalue weighted by molar-refractivity contribution is 5.66. The summed E-state index contributed by atoms with van der Waals surface area (Å²) >= 11 is 0. The zero-order valence-electron chi connectivity index (χ0n) is 11.1. The summed E-state index contributed by atoms with van der Waals surface area (Å²) in [4.78, 5) is 0. The second-order valence-corrected chi connectivity index (χ2v) is 4.62. The van der Waals surface area contributed by atoms with E-state index in [-0.39, 0.29) is 5.69 Å². The highest BCUT2D eigenvalue weighted by Crippen LogP contribution is 2.25. The SMILES string of the molecule is Cc1ccc(N)cc1-c1nnnn1-c1cc(F)cc(F)c1. The molecule has 2 N–H and O–H groups in total. The fourth-order valence-electron chi connectivity index (χ4n) is 2.07. The van der Waals surface area contributed by atoms with Gasteiger partial charge in [-0.3, -0.25) is 0 Å². The van der Waals surface area contributed by atoms with Gasteiger partial charge in [-0.1, -0.05) is 6.07 Å². The molecule has 0 unspecified atom stereocenters. The van der Waals surface area contributed by atoms with Crippen LogP contribution in [0.1, 0.15) is 5.56 Å². The van der Waals surface area contributed by atoms with Gasteiger partial charge in [0.1, 0.15) is 11.6 Å². The number of hydrogen-bond donors (Lipinski definition) is 1. The molecule has 5 nitrogen and oxygen atoms in total. The predicted octanol–water partition coefficient (Wildman–Crippen LogP) is 2.50. The molecular weight excluding hydrogens is 276 g/mol. The average molecular weight is 287 g/mol. The van der Waals surface area contributed by atoms with Crippen LogP contribution in [0.25, 0.3) is 17.1 Å². The molecule has 0 spiro atoms. The van der Waals surface area contributed by atoms with Gasteiger partial charge in [0.05, 0.1) is 5.69 Å². The van der Waals surface area contributed by atoms with Crippen LogP contribution < -0.4 is 5.73 Å². The Kier molecular flexibility index (Phi) is 3.09. The first-order valence-electron chi connectivity index (χ1n) is 6.16. The minimum atomic E-state index is -0.698. The number of halogens is 2. The van der Waals surface area contributed by atoms with E-state index in [1.165, 1.54) is 4.68 Å². The maximum atomic E-state index is 13.4. The molecule has 0 bridgehead atoms. The van der Waals surface area contributed by atoms with Crippen molar-refractivity contribution in [1.29, 1.82) is 0 Å². The molecule has 21 heavy (non-hydrogen) atoms. The molecule has 0 amide bonds. The molecule has 0 aliphatic heterocycles. The Bertz CT molecular complexity index is 793. The summed E-state index contributed by atoms with van der Waals surface area (Å²) in [6.45, 7) is 1.87. The molecule has 1 aromatic heterocycles. The van der Waals surface area contributed by atoms with Gasteiger partial charge in [-0.25, -0.2) is 8.78 Å². The number of nitrogens with zero attached hydrogens (tertiary/aromatic N) is 4. The number of aromatic nitrogens is 4. The molecule has 0 saturated carbocycles. The number of rotatable bonds is 2. The third-order valence-electron chi connectivity index (χ3n) is 3.06. The van der Waals surface area contributed by atoms with Crippen LogP contribution >= 0.6 is 0 Å². The van der Waals surface area contributed by atoms with Crippen molar-refractivity contribution in [2.24, 2.45) is 0 Å². The third-order valence-corrected chi connectivity index (χ3v) is 3.06. The molecule has 0 aliphatic carbocycles. The monoisotopic (exact) mass is 287 g/mol. The zero-order valence-corrected chi connectivity index (χ0v) is 11.1. The molecular formula is C14H11F2N5. The van der Waals surface area contributed by atoms with Crippen LogP contribution in [0.5, 0.6) is 0 Å². The van der Waals surface area contributed by atoms with Crippen LogP contribution in [-0.4, -0.2) is 20.2 Å². The Morgan fingerprint density at radius 2 is 1.76 bits per heavy atom. The molecule has 0 aliphatic rings. The van der Waals surface area contributed by atoms with Gasteiger partial charge in [0, 0.05) is 17.3 Å². The highest BCUT2D eigenvalue weighted by atomic mass is 19.1. The Labute approximate surface area is 119 Å². The minimum Gasteiger partial charge on any atom is -0.399 e. The van der Waals surface area contributed by atoms with Gasteiger partial charge in [-0.05, 0) is 47.2 Å². The molecule has 1 heterocycles. The van der Waals surface area contributed by atoms with Crippen LogP contribution in [0, 0.1) is 18.6 Å². The van der Waals surface area contributed by atoms with E-state index in [0.29, 0.717) is 17.1 Å². The third kappa shape index (κ3) is 2.45. The Balaban J connectivity index is 2.19. The van der Waals surface area contributed by atoms with Gasteiger partial charge in [-0.2, -0.15) is 4.68 Å². The lowest BCUT2D eigenvalue weighted by molar-refractivity contribution is 0.579. The Morgan fingerprint density at radius 1 is 1.05 bits per heavy atom. The molecule has 7 heteroatoms. The second-order valence-electron chi connectivity index (χ2n) is 4.62. The van der Waals surface area contributed by atoms with Crippen LogP contribution in [-0.2, 0) is 0 Å². The number of hydrogen-bond acceptors (Lipinski definition) is 4. The number of nitrogens with two attached hydrogens (primary N) is 1. The standard InChI is InChI=1S/C14H11F2N5/c1-8-2-3-11(17)7-13(8)14-18-19-20-21(14)12-5-9(15)4-10(16)6-12/h2-7H,17H2,1H3. The second kappa shape index (κ2) is 4.93. The van der Waals surface area contributed by atoms with E-state index in [1.807, 2.05) is 13.0 Å². The molecule has 0 atom stereocenters. The van der Waals surface area contributed by atoms with Crippen molar-refractivity contribution < 1.29 is 8.78 Å². The van der Waals surface area contributed by atoms with Gasteiger partial charge in [0.25, 0.3) is 0 Å². The molecule has 3 rings (SSSR count). The van der Waals surface area contributed by atoms with E-state index >= 15 is 0 Å². The first kappa shape index (κ1) is 13.2.